The Hall–Kier alpha value is -3.20. The zero-order chi connectivity index (χ0) is 21.4. The number of fused-ring (bicyclic) bond motifs is 1. The van der Waals surface area contributed by atoms with Crippen molar-refractivity contribution in [1.29, 1.82) is 0 Å². The molecule has 0 atom stereocenters. The molecule has 2 aliphatic rings. The van der Waals surface area contributed by atoms with Gasteiger partial charge in [0.05, 0.1) is 5.69 Å². The van der Waals surface area contributed by atoms with Crippen molar-refractivity contribution < 1.29 is 4.79 Å². The first-order chi connectivity index (χ1) is 15.1. The Morgan fingerprint density at radius 3 is 2.06 bits per heavy atom. The Morgan fingerprint density at radius 2 is 1.45 bits per heavy atom. The molecule has 1 amide bonds. The van der Waals surface area contributed by atoms with Crippen molar-refractivity contribution in [3.63, 3.8) is 0 Å². The summed E-state index contributed by atoms with van der Waals surface area (Å²) in [6, 6.07) is 9.89. The highest BCUT2D eigenvalue weighted by Gasteiger charge is 2.27. The number of pyridine rings is 1. The molecule has 0 unspecified atom stereocenters. The van der Waals surface area contributed by atoms with Crippen molar-refractivity contribution in [2.75, 3.05) is 69.2 Å². The number of carbonyl (C=O) groups is 1. The van der Waals surface area contributed by atoms with E-state index in [2.05, 4.69) is 43.0 Å². The van der Waals surface area contributed by atoms with Crippen LogP contribution in [0.3, 0.4) is 0 Å². The minimum atomic E-state index is 0.0346. The van der Waals surface area contributed by atoms with E-state index in [4.69, 9.17) is 0 Å². The minimum Gasteiger partial charge on any atom is -0.353 e. The number of imidazole rings is 1. The number of hydrogen-bond acceptors (Lipinski definition) is 7. The average Bonchev–Trinajstić information content (AvgIpc) is 3.15. The minimum absolute atomic E-state index is 0.0346. The molecule has 162 valence electrons. The van der Waals surface area contributed by atoms with Gasteiger partial charge in [0, 0.05) is 58.6 Å². The number of nitrogens with zero attached hydrogens (tertiary/aromatic N) is 8. The van der Waals surface area contributed by atoms with E-state index in [0.29, 0.717) is 18.8 Å². The molecule has 9 nitrogen and oxygen atoms in total. The fourth-order valence-corrected chi connectivity index (χ4v) is 4.35. The molecular weight excluding hydrogens is 392 g/mol. The van der Waals surface area contributed by atoms with Gasteiger partial charge < -0.3 is 19.6 Å². The highest BCUT2D eigenvalue weighted by molar-refractivity contribution is 5.94. The Kier molecular flexibility index (Phi) is 5.19. The molecule has 2 fully saturated rings. The second kappa shape index (κ2) is 8.14. The van der Waals surface area contributed by atoms with Crippen LogP contribution in [0.25, 0.3) is 5.65 Å². The number of amides is 1. The average molecular weight is 421 g/mol. The third-order valence-corrected chi connectivity index (χ3v) is 6.26. The van der Waals surface area contributed by atoms with Gasteiger partial charge in [0.1, 0.15) is 11.3 Å². The van der Waals surface area contributed by atoms with Crippen LogP contribution in [0.15, 0.2) is 36.5 Å². The van der Waals surface area contributed by atoms with E-state index in [-0.39, 0.29) is 5.91 Å². The molecule has 2 aliphatic heterocycles. The van der Waals surface area contributed by atoms with Crippen molar-refractivity contribution in [2.24, 2.45) is 0 Å². The van der Waals surface area contributed by atoms with Gasteiger partial charge in [0.2, 0.25) is 0 Å². The number of piperazine rings is 2. The lowest BCUT2D eigenvalue weighted by molar-refractivity contribution is 0.0738. The van der Waals surface area contributed by atoms with Gasteiger partial charge in [-0.3, -0.25) is 9.20 Å². The zero-order valence-corrected chi connectivity index (χ0v) is 18.1. The number of rotatable bonds is 3. The zero-order valence-electron chi connectivity index (χ0n) is 18.1. The Morgan fingerprint density at radius 1 is 0.839 bits per heavy atom. The maximum absolute atomic E-state index is 13.2. The predicted molar refractivity (Wildman–Crippen MR) is 120 cm³/mol. The summed E-state index contributed by atoms with van der Waals surface area (Å²) in [5, 5.41) is 8.94. The standard InChI is InChI=1S/C22H28N8O/c1-17-21(30-8-4-3-5-18(30)23-17)22(31)29-15-13-28(14-16-29)20-7-6-19(24-25-20)27-11-9-26(2)10-12-27/h3-8H,9-16H2,1-2H3. The fraction of sp³-hybridized carbons (Fsp3) is 0.455. The van der Waals surface area contributed by atoms with Crippen LogP contribution in [-0.4, -0.2) is 94.7 Å². The maximum Gasteiger partial charge on any atom is 0.272 e. The first-order valence-corrected chi connectivity index (χ1v) is 10.9. The summed E-state index contributed by atoms with van der Waals surface area (Å²) in [6.07, 6.45) is 1.90. The lowest BCUT2D eigenvalue weighted by Gasteiger charge is -2.35. The number of aromatic nitrogens is 4. The first-order valence-electron chi connectivity index (χ1n) is 10.9. The second-order valence-electron chi connectivity index (χ2n) is 8.29. The largest absolute Gasteiger partial charge is 0.353 e. The quantitative estimate of drug-likeness (QED) is 0.629. The van der Waals surface area contributed by atoms with Gasteiger partial charge in [-0.1, -0.05) is 6.07 Å². The van der Waals surface area contributed by atoms with Crippen molar-refractivity contribution in [1.82, 2.24) is 29.4 Å². The summed E-state index contributed by atoms with van der Waals surface area (Å²) in [5.74, 6) is 1.84. The van der Waals surface area contributed by atoms with Crippen molar-refractivity contribution in [3.8, 4) is 0 Å². The van der Waals surface area contributed by atoms with Crippen LogP contribution in [0.2, 0.25) is 0 Å². The van der Waals surface area contributed by atoms with Crippen molar-refractivity contribution in [3.05, 3.63) is 47.9 Å². The molecule has 0 saturated carbocycles. The summed E-state index contributed by atoms with van der Waals surface area (Å²) >= 11 is 0. The molecular formula is C22H28N8O. The summed E-state index contributed by atoms with van der Waals surface area (Å²) in [6.45, 7) is 8.74. The molecule has 3 aromatic heterocycles. The van der Waals surface area contributed by atoms with Gasteiger partial charge in [0.15, 0.2) is 11.6 Å². The van der Waals surface area contributed by atoms with Crippen LogP contribution >= 0.6 is 0 Å². The first kappa shape index (κ1) is 19.7. The van der Waals surface area contributed by atoms with Gasteiger partial charge in [-0.2, -0.15) is 0 Å². The highest BCUT2D eigenvalue weighted by atomic mass is 16.2. The molecule has 31 heavy (non-hydrogen) atoms. The number of hydrogen-bond donors (Lipinski definition) is 0. The number of aryl methyl sites for hydroxylation is 1. The lowest BCUT2D eigenvalue weighted by atomic mass is 10.2. The van der Waals surface area contributed by atoms with E-state index >= 15 is 0 Å². The molecule has 5 heterocycles. The molecule has 0 aromatic carbocycles. The number of anilines is 2. The summed E-state index contributed by atoms with van der Waals surface area (Å²) in [5.41, 5.74) is 2.22. The summed E-state index contributed by atoms with van der Waals surface area (Å²) < 4.78 is 1.88. The van der Waals surface area contributed by atoms with Gasteiger partial charge in [0.25, 0.3) is 5.91 Å². The fourth-order valence-electron chi connectivity index (χ4n) is 4.35. The maximum atomic E-state index is 13.2. The van der Waals surface area contributed by atoms with Crippen LogP contribution in [0.5, 0.6) is 0 Å². The molecule has 0 N–H and O–H groups in total. The summed E-state index contributed by atoms with van der Waals surface area (Å²) in [7, 11) is 2.15. The topological polar surface area (TPSA) is 73.1 Å². The molecule has 3 aromatic rings. The third-order valence-electron chi connectivity index (χ3n) is 6.26. The van der Waals surface area contributed by atoms with Crippen LogP contribution in [-0.2, 0) is 0 Å². The van der Waals surface area contributed by atoms with Crippen LogP contribution < -0.4 is 9.80 Å². The van der Waals surface area contributed by atoms with Gasteiger partial charge in [-0.05, 0) is 38.2 Å². The van der Waals surface area contributed by atoms with Gasteiger partial charge >= 0.3 is 0 Å². The Balaban J connectivity index is 1.23. The lowest BCUT2D eigenvalue weighted by Crippen LogP contribution is -2.49. The van der Waals surface area contributed by atoms with E-state index < -0.39 is 0 Å². The summed E-state index contributed by atoms with van der Waals surface area (Å²) in [4.78, 5) is 26.4. The molecule has 0 bridgehead atoms. The van der Waals surface area contributed by atoms with Crippen LogP contribution in [0.1, 0.15) is 16.2 Å². The second-order valence-corrected chi connectivity index (χ2v) is 8.29. The molecule has 2 saturated heterocycles. The van der Waals surface area contributed by atoms with E-state index in [9.17, 15) is 4.79 Å². The van der Waals surface area contributed by atoms with Crippen LogP contribution in [0.4, 0.5) is 11.6 Å². The molecule has 0 radical (unpaired) electrons. The predicted octanol–water partition coefficient (Wildman–Crippen LogP) is 1.15. The van der Waals surface area contributed by atoms with E-state index in [0.717, 1.165) is 62.2 Å². The number of carbonyl (C=O) groups excluding carboxylic acids is 1. The van der Waals surface area contributed by atoms with E-state index in [1.807, 2.05) is 46.7 Å². The van der Waals surface area contributed by atoms with Crippen LogP contribution in [0, 0.1) is 6.92 Å². The van der Waals surface area contributed by atoms with E-state index in [1.165, 1.54) is 0 Å². The normalized spacial score (nSPS) is 18.1. The monoisotopic (exact) mass is 420 g/mol. The molecule has 9 heteroatoms. The Labute approximate surface area is 181 Å². The van der Waals surface area contributed by atoms with Gasteiger partial charge in [-0.25, -0.2) is 4.98 Å². The molecule has 5 rings (SSSR count). The molecule has 0 spiro atoms. The third kappa shape index (κ3) is 3.81. The van der Waals surface area contributed by atoms with Crippen molar-refractivity contribution in [2.45, 2.75) is 6.92 Å². The SMILES string of the molecule is Cc1nc2ccccn2c1C(=O)N1CCN(c2ccc(N3CCN(C)CC3)nn2)CC1. The molecule has 0 aliphatic carbocycles. The Bertz CT molecular complexity index is 1060. The smallest absolute Gasteiger partial charge is 0.272 e. The highest BCUT2D eigenvalue weighted by Crippen LogP contribution is 2.20. The van der Waals surface area contributed by atoms with Crippen molar-refractivity contribution >= 4 is 23.2 Å². The van der Waals surface area contributed by atoms with Gasteiger partial charge in [-0.15, -0.1) is 10.2 Å². The number of likely N-dealkylation sites (N-methyl/N-ethyl adjacent to an activating group) is 1. The van der Waals surface area contributed by atoms with E-state index in [1.54, 1.807) is 0 Å².